The van der Waals surface area contributed by atoms with Gasteiger partial charge in [-0.3, -0.25) is 0 Å². The molecule has 0 radical (unpaired) electrons. The smallest absolute Gasteiger partial charge is 0.0522 e. The zero-order chi connectivity index (χ0) is 15.3. The molecule has 2 heteroatoms. The van der Waals surface area contributed by atoms with E-state index in [-0.39, 0.29) is 0 Å². The van der Waals surface area contributed by atoms with E-state index in [1.165, 1.54) is 70.6 Å². The first-order valence-electron chi connectivity index (χ1n) is 9.95. The second kappa shape index (κ2) is 8.15. The summed E-state index contributed by atoms with van der Waals surface area (Å²) in [6.07, 6.45) is 15.2. The maximum absolute atomic E-state index is 6.12. The zero-order valence-electron chi connectivity index (χ0n) is 14.7. The summed E-state index contributed by atoms with van der Waals surface area (Å²) in [5, 5.41) is 0. The lowest BCUT2D eigenvalue weighted by Crippen LogP contribution is -2.48. The lowest BCUT2D eigenvalue weighted by molar-refractivity contribution is -0.0966. The van der Waals surface area contributed by atoms with Gasteiger partial charge in [-0.15, -0.1) is 0 Å². The quantitative estimate of drug-likeness (QED) is 0.488. The van der Waals surface area contributed by atoms with Gasteiger partial charge >= 0.3 is 0 Å². The average molecular weight is 309 g/mol. The molecule has 4 bridgehead atoms. The van der Waals surface area contributed by atoms with Crippen LogP contribution in [0.5, 0.6) is 0 Å². The van der Waals surface area contributed by atoms with Gasteiger partial charge < -0.3 is 9.47 Å². The second-order valence-corrected chi connectivity index (χ2v) is 8.50. The van der Waals surface area contributed by atoms with E-state index in [9.17, 15) is 0 Å². The number of ether oxygens (including phenoxy) is 2. The number of hydrogen-bond acceptors (Lipinski definition) is 2. The fourth-order valence-electron chi connectivity index (χ4n) is 5.69. The third kappa shape index (κ3) is 4.47. The van der Waals surface area contributed by atoms with Crippen molar-refractivity contribution >= 4 is 0 Å². The van der Waals surface area contributed by atoms with Crippen molar-refractivity contribution in [1.82, 2.24) is 0 Å². The number of rotatable bonds is 11. The van der Waals surface area contributed by atoms with Crippen LogP contribution >= 0.6 is 0 Å². The summed E-state index contributed by atoms with van der Waals surface area (Å²) in [5.74, 6) is 3.15. The van der Waals surface area contributed by atoms with E-state index in [0.717, 1.165) is 44.2 Å². The molecule has 0 aromatic heterocycles. The molecule has 0 N–H and O–H groups in total. The number of unbranched alkanes of at least 4 members (excludes halogenated alkanes) is 3. The molecule has 0 atom stereocenters. The van der Waals surface area contributed by atoms with E-state index in [0.29, 0.717) is 5.41 Å². The van der Waals surface area contributed by atoms with Crippen LogP contribution in [0.2, 0.25) is 0 Å². The summed E-state index contributed by atoms with van der Waals surface area (Å²) >= 11 is 0. The third-order valence-corrected chi connectivity index (χ3v) is 6.29. The van der Waals surface area contributed by atoms with Crippen LogP contribution in [0.1, 0.15) is 77.6 Å². The first-order valence-corrected chi connectivity index (χ1v) is 9.95. The van der Waals surface area contributed by atoms with Gasteiger partial charge in [-0.25, -0.2) is 0 Å². The van der Waals surface area contributed by atoms with Gasteiger partial charge in [-0.2, -0.15) is 0 Å². The Morgan fingerprint density at radius 3 is 1.86 bits per heavy atom. The fourth-order valence-corrected chi connectivity index (χ4v) is 5.69. The molecule has 0 spiro atoms. The Morgan fingerprint density at radius 2 is 1.27 bits per heavy atom. The topological polar surface area (TPSA) is 18.5 Å². The van der Waals surface area contributed by atoms with Crippen LogP contribution in [-0.4, -0.2) is 26.4 Å². The van der Waals surface area contributed by atoms with Crippen molar-refractivity contribution in [3.63, 3.8) is 0 Å². The minimum Gasteiger partial charge on any atom is -0.381 e. The van der Waals surface area contributed by atoms with E-state index in [1.807, 2.05) is 0 Å². The molecule has 4 aliphatic rings. The first-order chi connectivity index (χ1) is 10.8. The van der Waals surface area contributed by atoms with Crippen LogP contribution in [0.25, 0.3) is 0 Å². The summed E-state index contributed by atoms with van der Waals surface area (Å²) < 4.78 is 11.7. The molecule has 0 amide bonds. The van der Waals surface area contributed by atoms with Crippen LogP contribution in [-0.2, 0) is 9.47 Å². The largest absolute Gasteiger partial charge is 0.381 e. The van der Waals surface area contributed by atoms with Crippen molar-refractivity contribution < 1.29 is 9.47 Å². The molecule has 0 aromatic carbocycles. The standard InChI is InChI=1S/C20H36O2/c1-2-3-7-21-8-5-4-6-9-22-16-20-13-17-10-18(14-20)12-19(11-17)15-20/h17-19H,2-16H2,1H3. The Hall–Kier alpha value is -0.0800. The molecule has 4 aliphatic carbocycles. The van der Waals surface area contributed by atoms with Crippen LogP contribution < -0.4 is 0 Å². The second-order valence-electron chi connectivity index (χ2n) is 8.50. The monoisotopic (exact) mass is 308 g/mol. The summed E-state index contributed by atoms with van der Waals surface area (Å²) in [6, 6.07) is 0. The highest BCUT2D eigenvalue weighted by Crippen LogP contribution is 2.60. The Morgan fingerprint density at radius 1 is 0.727 bits per heavy atom. The fraction of sp³-hybridized carbons (Fsp3) is 1.00. The molecule has 22 heavy (non-hydrogen) atoms. The molecule has 128 valence electrons. The van der Waals surface area contributed by atoms with Gasteiger partial charge in [0.2, 0.25) is 0 Å². The lowest BCUT2D eigenvalue weighted by atomic mass is 9.50. The summed E-state index contributed by atoms with van der Waals surface area (Å²) in [5.41, 5.74) is 0.595. The molecular formula is C20H36O2. The molecule has 4 saturated carbocycles. The van der Waals surface area contributed by atoms with E-state index in [4.69, 9.17) is 9.47 Å². The normalized spacial score (nSPS) is 36.1. The van der Waals surface area contributed by atoms with Gasteiger partial charge in [0.25, 0.3) is 0 Å². The minimum atomic E-state index is 0.595. The molecule has 4 fully saturated rings. The molecule has 2 nitrogen and oxygen atoms in total. The SMILES string of the molecule is CCCCOCCCCCOCC12CC3CC(CC(C3)C1)C2. The summed E-state index contributed by atoms with van der Waals surface area (Å²) in [6.45, 7) is 6.12. The minimum absolute atomic E-state index is 0.595. The van der Waals surface area contributed by atoms with Gasteiger partial charge in [0.05, 0.1) is 6.61 Å². The van der Waals surface area contributed by atoms with Crippen molar-refractivity contribution in [3.8, 4) is 0 Å². The van der Waals surface area contributed by atoms with E-state index in [1.54, 1.807) is 0 Å². The van der Waals surface area contributed by atoms with Gasteiger partial charge in [-0.05, 0) is 87.4 Å². The predicted molar refractivity (Wildman–Crippen MR) is 91.0 cm³/mol. The van der Waals surface area contributed by atoms with Crippen molar-refractivity contribution in [2.75, 3.05) is 26.4 Å². The Kier molecular flexibility index (Phi) is 6.21. The average Bonchev–Trinajstić information content (AvgIpc) is 2.48. The van der Waals surface area contributed by atoms with Crippen LogP contribution in [0, 0.1) is 23.2 Å². The maximum atomic E-state index is 6.12. The van der Waals surface area contributed by atoms with Crippen molar-refractivity contribution in [2.45, 2.75) is 77.6 Å². The van der Waals surface area contributed by atoms with E-state index in [2.05, 4.69) is 6.92 Å². The summed E-state index contributed by atoms with van der Waals surface area (Å²) in [7, 11) is 0. The van der Waals surface area contributed by atoms with Crippen LogP contribution in [0.3, 0.4) is 0 Å². The number of hydrogen-bond donors (Lipinski definition) is 0. The van der Waals surface area contributed by atoms with Gasteiger partial charge in [-0.1, -0.05) is 13.3 Å². The Labute approximate surface area is 137 Å². The van der Waals surface area contributed by atoms with Crippen molar-refractivity contribution in [1.29, 1.82) is 0 Å². The summed E-state index contributed by atoms with van der Waals surface area (Å²) in [4.78, 5) is 0. The Balaban J connectivity index is 1.22. The van der Waals surface area contributed by atoms with E-state index < -0.39 is 0 Å². The maximum Gasteiger partial charge on any atom is 0.0522 e. The molecule has 0 heterocycles. The van der Waals surface area contributed by atoms with E-state index >= 15 is 0 Å². The predicted octanol–water partition coefficient (Wildman–Crippen LogP) is 5.21. The highest BCUT2D eigenvalue weighted by Gasteiger charge is 2.50. The van der Waals surface area contributed by atoms with Crippen LogP contribution in [0.4, 0.5) is 0 Å². The molecule has 0 aliphatic heterocycles. The molecule has 0 aromatic rings. The van der Waals surface area contributed by atoms with Crippen molar-refractivity contribution in [3.05, 3.63) is 0 Å². The van der Waals surface area contributed by atoms with Gasteiger partial charge in [0, 0.05) is 19.8 Å². The lowest BCUT2D eigenvalue weighted by Gasteiger charge is -2.56. The first kappa shape index (κ1) is 16.8. The zero-order valence-corrected chi connectivity index (χ0v) is 14.7. The highest BCUT2D eigenvalue weighted by molar-refractivity contribution is 5.01. The Bertz CT molecular complexity index is 290. The molecule has 0 unspecified atom stereocenters. The van der Waals surface area contributed by atoms with Gasteiger partial charge in [0.15, 0.2) is 0 Å². The van der Waals surface area contributed by atoms with Crippen LogP contribution in [0.15, 0.2) is 0 Å². The van der Waals surface area contributed by atoms with Gasteiger partial charge in [0.1, 0.15) is 0 Å². The van der Waals surface area contributed by atoms with Crippen molar-refractivity contribution in [2.24, 2.45) is 23.2 Å². The third-order valence-electron chi connectivity index (χ3n) is 6.29. The molecule has 0 saturated heterocycles. The molecule has 4 rings (SSSR count). The highest BCUT2D eigenvalue weighted by atomic mass is 16.5. The molecular weight excluding hydrogens is 272 g/mol.